The van der Waals surface area contributed by atoms with Gasteiger partial charge in [-0.25, -0.2) is 0 Å². The Bertz CT molecular complexity index is 1520. The third kappa shape index (κ3) is 5.42. The van der Waals surface area contributed by atoms with Gasteiger partial charge < -0.3 is 14.8 Å². The van der Waals surface area contributed by atoms with Crippen molar-refractivity contribution >= 4 is 17.6 Å². The number of pyridine rings is 1. The number of fused-ring (bicyclic) bond motifs is 1. The lowest BCUT2D eigenvalue weighted by Gasteiger charge is -2.12. The number of ether oxygens (including phenoxy) is 2. The molecule has 0 saturated heterocycles. The van der Waals surface area contributed by atoms with Crippen molar-refractivity contribution in [1.82, 2.24) is 14.7 Å². The molecule has 4 aromatic rings. The van der Waals surface area contributed by atoms with Crippen LogP contribution in [-0.2, 0) is 11.2 Å². The van der Waals surface area contributed by atoms with Gasteiger partial charge in [0.15, 0.2) is 0 Å². The van der Waals surface area contributed by atoms with Gasteiger partial charge in [-0.1, -0.05) is 36.4 Å². The van der Waals surface area contributed by atoms with Gasteiger partial charge in [0.25, 0.3) is 11.5 Å². The summed E-state index contributed by atoms with van der Waals surface area (Å²) in [6.45, 7) is 2.17. The molecule has 0 unspecified atom stereocenters. The van der Waals surface area contributed by atoms with Crippen molar-refractivity contribution < 1.29 is 14.3 Å². The maximum absolute atomic E-state index is 13.4. The molecule has 1 N–H and O–H groups in total. The summed E-state index contributed by atoms with van der Waals surface area (Å²) >= 11 is 0. The second-order valence-corrected chi connectivity index (χ2v) is 7.96. The molecule has 8 heteroatoms. The molecule has 0 spiro atoms. The highest BCUT2D eigenvalue weighted by atomic mass is 16.5. The zero-order valence-electron chi connectivity index (χ0n) is 19.9. The zero-order chi connectivity index (χ0) is 25.5. The molecule has 0 fully saturated rings. The van der Waals surface area contributed by atoms with Crippen LogP contribution in [0.25, 0.3) is 11.7 Å². The van der Waals surface area contributed by atoms with E-state index in [1.807, 2.05) is 49.4 Å². The van der Waals surface area contributed by atoms with Crippen LogP contribution < -0.4 is 20.3 Å². The number of aromatic nitrogens is 2. The smallest absolute Gasteiger partial charge is 0.269 e. The Kier molecular flexibility index (Phi) is 7.42. The van der Waals surface area contributed by atoms with E-state index in [1.54, 1.807) is 43.6 Å². The number of nitrogens with one attached hydrogen (secondary N) is 1. The van der Waals surface area contributed by atoms with E-state index in [1.165, 1.54) is 10.5 Å². The number of hydrogen-bond acceptors (Lipinski definition) is 6. The predicted octanol–water partition coefficient (Wildman–Crippen LogP) is 4.07. The zero-order valence-corrected chi connectivity index (χ0v) is 19.9. The summed E-state index contributed by atoms with van der Waals surface area (Å²) in [6.07, 6.45) is 3.41. The van der Waals surface area contributed by atoms with E-state index in [0.717, 1.165) is 11.1 Å². The molecule has 1 amide bonds. The Labute approximate surface area is 208 Å². The molecule has 0 aliphatic carbocycles. The van der Waals surface area contributed by atoms with E-state index in [4.69, 9.17) is 9.47 Å². The van der Waals surface area contributed by atoms with Crippen molar-refractivity contribution in [1.29, 1.82) is 5.26 Å². The second-order valence-electron chi connectivity index (χ2n) is 7.96. The normalized spacial score (nSPS) is 11.1. The Morgan fingerprint density at radius 2 is 1.81 bits per heavy atom. The van der Waals surface area contributed by atoms with Crippen LogP contribution in [0.2, 0.25) is 0 Å². The Morgan fingerprint density at radius 1 is 1.08 bits per heavy atom. The highest BCUT2D eigenvalue weighted by molar-refractivity contribution is 6.01. The van der Waals surface area contributed by atoms with Gasteiger partial charge in [0.05, 0.1) is 7.11 Å². The molecular weight excluding hydrogens is 456 g/mol. The van der Waals surface area contributed by atoms with Crippen LogP contribution in [-0.4, -0.2) is 28.9 Å². The van der Waals surface area contributed by atoms with E-state index in [9.17, 15) is 14.9 Å². The highest BCUT2D eigenvalue weighted by Crippen LogP contribution is 2.26. The monoisotopic (exact) mass is 480 g/mol. The summed E-state index contributed by atoms with van der Waals surface area (Å²) < 4.78 is 12.5. The summed E-state index contributed by atoms with van der Waals surface area (Å²) in [7, 11) is 1.56. The van der Waals surface area contributed by atoms with Crippen molar-refractivity contribution in [2.75, 3.05) is 13.7 Å². The van der Waals surface area contributed by atoms with E-state index < -0.39 is 11.5 Å². The predicted molar refractivity (Wildman–Crippen MR) is 136 cm³/mol. The van der Waals surface area contributed by atoms with E-state index in [0.29, 0.717) is 30.1 Å². The highest BCUT2D eigenvalue weighted by Gasteiger charge is 2.18. The van der Waals surface area contributed by atoms with Gasteiger partial charge in [-0.15, -0.1) is 0 Å². The van der Waals surface area contributed by atoms with Crippen molar-refractivity contribution in [2.45, 2.75) is 13.3 Å². The maximum atomic E-state index is 13.4. The lowest BCUT2D eigenvalue weighted by Crippen LogP contribution is -2.27. The van der Waals surface area contributed by atoms with Crippen molar-refractivity contribution in [3.05, 3.63) is 106 Å². The molecule has 0 radical (unpaired) electrons. The Balaban J connectivity index is 1.69. The number of carbonyl (C=O) groups is 1. The van der Waals surface area contributed by atoms with E-state index in [2.05, 4.69) is 10.3 Å². The maximum Gasteiger partial charge on any atom is 0.269 e. The van der Waals surface area contributed by atoms with Crippen LogP contribution in [0.3, 0.4) is 0 Å². The van der Waals surface area contributed by atoms with Crippen LogP contribution in [0, 0.1) is 18.3 Å². The molecule has 0 bridgehead atoms. The summed E-state index contributed by atoms with van der Waals surface area (Å²) in [5.74, 6) is 0.465. The fourth-order valence-corrected chi connectivity index (χ4v) is 3.60. The first-order chi connectivity index (χ1) is 17.5. The molecule has 2 aromatic carbocycles. The van der Waals surface area contributed by atoms with Gasteiger partial charge in [0.2, 0.25) is 5.88 Å². The molecule has 4 rings (SSSR count). The minimum Gasteiger partial charge on any atom is -0.497 e. The van der Waals surface area contributed by atoms with Crippen molar-refractivity contribution in [3.8, 4) is 23.4 Å². The molecule has 2 aromatic heterocycles. The van der Waals surface area contributed by atoms with Crippen molar-refractivity contribution in [2.24, 2.45) is 0 Å². The molecule has 36 heavy (non-hydrogen) atoms. The number of methoxy groups -OCH3 is 1. The molecular formula is C28H24N4O4. The Hall–Kier alpha value is -4.90. The summed E-state index contributed by atoms with van der Waals surface area (Å²) in [5, 5.41) is 12.4. The molecule has 0 atom stereocenters. The van der Waals surface area contributed by atoms with E-state index in [-0.39, 0.29) is 17.0 Å². The number of hydrogen-bond donors (Lipinski definition) is 1. The molecule has 0 aliphatic heterocycles. The third-order valence-corrected chi connectivity index (χ3v) is 5.52. The average molecular weight is 481 g/mol. The minimum atomic E-state index is -0.586. The fraction of sp³-hybridized carbons (Fsp3) is 0.143. The second kappa shape index (κ2) is 11.0. The number of benzene rings is 2. The van der Waals surface area contributed by atoms with Gasteiger partial charge in [-0.2, -0.15) is 10.2 Å². The first-order valence-corrected chi connectivity index (χ1v) is 11.3. The minimum absolute atomic E-state index is 0.00991. The van der Waals surface area contributed by atoms with Gasteiger partial charge >= 0.3 is 0 Å². The molecule has 0 aliphatic rings. The first-order valence-electron chi connectivity index (χ1n) is 11.3. The molecule has 8 nitrogen and oxygen atoms in total. The standard InChI is InChI=1S/C28H24N4O4/c1-19-7-6-16-32-25(19)31-27(36-23-12-10-22(35-2)11-13-23)24(28(32)34)17-21(18-29)26(33)30-15-14-20-8-4-3-5-9-20/h3-13,16-17H,14-15H2,1-2H3,(H,30,33). The van der Waals surface area contributed by atoms with Gasteiger partial charge in [-0.05, 0) is 60.9 Å². The van der Waals surface area contributed by atoms with Gasteiger partial charge in [0.1, 0.15) is 34.4 Å². The fourth-order valence-electron chi connectivity index (χ4n) is 3.60. The van der Waals surface area contributed by atoms with Crippen LogP contribution in [0.15, 0.2) is 83.3 Å². The van der Waals surface area contributed by atoms with Gasteiger partial charge in [-0.3, -0.25) is 14.0 Å². The SMILES string of the molecule is COc1ccc(Oc2nc3c(C)cccn3c(=O)c2C=C(C#N)C(=O)NCCc2ccccc2)cc1. The Morgan fingerprint density at radius 3 is 2.50 bits per heavy atom. The number of amides is 1. The topological polar surface area (TPSA) is 106 Å². The van der Waals surface area contributed by atoms with Crippen LogP contribution in [0.5, 0.6) is 17.4 Å². The summed E-state index contributed by atoms with van der Waals surface area (Å²) in [4.78, 5) is 30.7. The quantitative estimate of drug-likeness (QED) is 0.301. The number of nitrogens with zero attached hydrogens (tertiary/aromatic N) is 3. The third-order valence-electron chi connectivity index (χ3n) is 5.52. The number of rotatable bonds is 8. The number of aryl methyl sites for hydroxylation is 1. The van der Waals surface area contributed by atoms with E-state index >= 15 is 0 Å². The molecule has 180 valence electrons. The van der Waals surface area contributed by atoms with Crippen LogP contribution in [0.1, 0.15) is 16.7 Å². The number of carbonyl (C=O) groups excluding carboxylic acids is 1. The van der Waals surface area contributed by atoms with Crippen LogP contribution >= 0.6 is 0 Å². The lowest BCUT2D eigenvalue weighted by atomic mass is 10.1. The summed E-state index contributed by atoms with van der Waals surface area (Å²) in [6, 6.07) is 21.9. The molecule has 2 heterocycles. The van der Waals surface area contributed by atoms with Gasteiger partial charge in [0, 0.05) is 12.7 Å². The average Bonchev–Trinajstić information content (AvgIpc) is 2.90. The molecule has 0 saturated carbocycles. The largest absolute Gasteiger partial charge is 0.497 e. The lowest BCUT2D eigenvalue weighted by molar-refractivity contribution is -0.117. The van der Waals surface area contributed by atoms with Crippen molar-refractivity contribution in [3.63, 3.8) is 0 Å². The summed E-state index contributed by atoms with van der Waals surface area (Å²) in [5.41, 5.74) is 1.54. The van der Waals surface area contributed by atoms with Crippen LogP contribution in [0.4, 0.5) is 0 Å². The first kappa shape index (κ1) is 24.2. The number of nitriles is 1.